The van der Waals surface area contributed by atoms with E-state index >= 15 is 0 Å². The summed E-state index contributed by atoms with van der Waals surface area (Å²) < 4.78 is 20.9. The average molecular weight is 459 g/mol. The van der Waals surface area contributed by atoms with Crippen molar-refractivity contribution in [2.24, 2.45) is 5.14 Å². The molecule has 1 fully saturated rings. The molecule has 1 saturated heterocycles. The number of carbonyl (C=O) groups excluding carboxylic acids is 1. The number of nitrogens with two attached hydrogens (primary N) is 1. The number of carbonyl (C=O) groups is 1. The molecule has 1 aliphatic heterocycles. The summed E-state index contributed by atoms with van der Waals surface area (Å²) in [6.07, 6.45) is 4.33. The van der Waals surface area contributed by atoms with Crippen molar-refractivity contribution in [2.45, 2.75) is 18.0 Å². The average Bonchev–Trinajstić information content (AvgIpc) is 3.26. The van der Waals surface area contributed by atoms with Gasteiger partial charge in [-0.1, -0.05) is 12.1 Å². The van der Waals surface area contributed by atoms with Crippen LogP contribution in [0.5, 0.6) is 0 Å². The molecule has 3 aromatic rings. The highest BCUT2D eigenvalue weighted by Gasteiger charge is 2.17. The molecule has 0 bridgehead atoms. The van der Waals surface area contributed by atoms with Gasteiger partial charge in [0.25, 0.3) is 0 Å². The quantitative estimate of drug-likeness (QED) is 0.435. The van der Waals surface area contributed by atoms with Gasteiger partial charge in [0, 0.05) is 30.7 Å². The molecule has 12 heteroatoms. The van der Waals surface area contributed by atoms with Gasteiger partial charge in [0.1, 0.15) is 6.54 Å². The van der Waals surface area contributed by atoms with Crippen LogP contribution in [0.15, 0.2) is 47.8 Å². The number of aromatic nitrogens is 4. The van der Waals surface area contributed by atoms with E-state index in [2.05, 4.69) is 25.7 Å². The van der Waals surface area contributed by atoms with Gasteiger partial charge in [-0.25, -0.2) is 9.37 Å². The van der Waals surface area contributed by atoms with Gasteiger partial charge in [-0.2, -0.15) is 10.1 Å². The van der Waals surface area contributed by atoms with Gasteiger partial charge in [0.2, 0.25) is 11.9 Å². The third kappa shape index (κ3) is 5.72. The number of morpholine rings is 1. The molecule has 0 saturated carbocycles. The third-order valence-corrected chi connectivity index (χ3v) is 5.36. The molecule has 2 aromatic heterocycles. The third-order valence-electron chi connectivity index (χ3n) is 4.81. The summed E-state index contributed by atoms with van der Waals surface area (Å²) in [5.41, 5.74) is 1.55. The first-order chi connectivity index (χ1) is 15.6. The molecule has 1 aliphatic rings. The molecular weight excluding hydrogens is 435 g/mol. The highest BCUT2D eigenvalue weighted by Crippen LogP contribution is 2.18. The zero-order chi connectivity index (χ0) is 22.3. The van der Waals surface area contributed by atoms with E-state index in [1.54, 1.807) is 17.3 Å². The number of benzene rings is 1. The van der Waals surface area contributed by atoms with E-state index in [0.29, 0.717) is 38.5 Å². The van der Waals surface area contributed by atoms with Gasteiger partial charge in [-0.3, -0.25) is 14.6 Å². The zero-order valence-electron chi connectivity index (χ0n) is 17.2. The summed E-state index contributed by atoms with van der Waals surface area (Å²) in [5.74, 6) is -0.292. The monoisotopic (exact) mass is 458 g/mol. The lowest BCUT2D eigenvalue weighted by molar-refractivity contribution is -0.136. The van der Waals surface area contributed by atoms with Gasteiger partial charge in [0.15, 0.2) is 11.6 Å². The fraction of sp³-hybridized carbons (Fsp3) is 0.300. The maximum Gasteiger partial charge on any atom is 0.244 e. The Hall–Kier alpha value is -3.22. The van der Waals surface area contributed by atoms with Gasteiger partial charge in [0.05, 0.1) is 31.3 Å². The molecule has 1 amide bonds. The van der Waals surface area contributed by atoms with Crippen LogP contribution in [-0.2, 0) is 22.6 Å². The van der Waals surface area contributed by atoms with Crippen LogP contribution in [0, 0.1) is 5.82 Å². The van der Waals surface area contributed by atoms with E-state index in [9.17, 15) is 9.18 Å². The molecule has 0 atom stereocenters. The van der Waals surface area contributed by atoms with Crippen LogP contribution in [0.3, 0.4) is 0 Å². The van der Waals surface area contributed by atoms with Crippen molar-refractivity contribution < 1.29 is 13.9 Å². The fourth-order valence-corrected chi connectivity index (χ4v) is 3.41. The lowest BCUT2D eigenvalue weighted by atomic mass is 10.2. The van der Waals surface area contributed by atoms with Gasteiger partial charge < -0.3 is 20.3 Å². The molecule has 0 radical (unpaired) electrons. The predicted molar refractivity (Wildman–Crippen MR) is 119 cm³/mol. The predicted octanol–water partition coefficient (Wildman–Crippen LogP) is 1.99. The van der Waals surface area contributed by atoms with Crippen LogP contribution >= 0.6 is 11.9 Å². The summed E-state index contributed by atoms with van der Waals surface area (Å²) >= 11 is 1.17. The first-order valence-electron chi connectivity index (χ1n) is 9.98. The van der Waals surface area contributed by atoms with E-state index in [0.717, 1.165) is 16.7 Å². The largest absolute Gasteiger partial charge is 0.378 e. The Morgan fingerprint density at radius 3 is 2.75 bits per heavy atom. The Labute approximate surface area is 188 Å². The summed E-state index contributed by atoms with van der Waals surface area (Å²) in [5, 5.41) is 15.7. The molecule has 0 unspecified atom stereocenters. The molecule has 3 heterocycles. The number of anilines is 3. The fourth-order valence-electron chi connectivity index (χ4n) is 3.12. The molecule has 32 heavy (non-hydrogen) atoms. The minimum absolute atomic E-state index is 0.0226. The first-order valence-corrected chi connectivity index (χ1v) is 10.9. The molecule has 0 spiro atoms. The van der Waals surface area contributed by atoms with Crippen molar-refractivity contribution in [1.29, 1.82) is 0 Å². The van der Waals surface area contributed by atoms with Crippen molar-refractivity contribution in [3.63, 3.8) is 0 Å². The molecule has 4 rings (SSSR count). The number of amides is 1. The van der Waals surface area contributed by atoms with Crippen molar-refractivity contribution in [1.82, 2.24) is 24.6 Å². The van der Waals surface area contributed by atoms with Crippen LogP contribution in [0.25, 0.3) is 0 Å². The first kappa shape index (κ1) is 22.0. The Bertz CT molecular complexity index is 1060. The Morgan fingerprint density at radius 1 is 1.22 bits per heavy atom. The van der Waals surface area contributed by atoms with Gasteiger partial charge in [-0.05, 0) is 29.6 Å². The number of halogens is 1. The Kier molecular flexibility index (Phi) is 7.14. The second-order valence-corrected chi connectivity index (χ2v) is 7.76. The second-order valence-electron chi connectivity index (χ2n) is 7.05. The lowest BCUT2D eigenvalue weighted by Gasteiger charge is -2.26. The van der Waals surface area contributed by atoms with Crippen LogP contribution in [0.2, 0.25) is 0 Å². The van der Waals surface area contributed by atoms with E-state index in [1.807, 2.05) is 24.3 Å². The Morgan fingerprint density at radius 2 is 2.00 bits per heavy atom. The summed E-state index contributed by atoms with van der Waals surface area (Å²) in [4.78, 5) is 23.2. The molecule has 1 aromatic carbocycles. The number of rotatable bonds is 8. The van der Waals surface area contributed by atoms with Gasteiger partial charge >= 0.3 is 0 Å². The zero-order valence-corrected chi connectivity index (χ0v) is 18.0. The van der Waals surface area contributed by atoms with Crippen molar-refractivity contribution >= 4 is 35.3 Å². The van der Waals surface area contributed by atoms with Gasteiger partial charge in [-0.15, -0.1) is 0 Å². The maximum atomic E-state index is 14.2. The van der Waals surface area contributed by atoms with Crippen LogP contribution in [0.4, 0.5) is 21.8 Å². The summed E-state index contributed by atoms with van der Waals surface area (Å²) in [6.45, 7) is 2.79. The number of hydrogen-bond acceptors (Lipinski definition) is 9. The molecule has 168 valence electrons. The SMILES string of the molecule is NSc1ccc(CNc2nc(Nc3cnn(CC(=O)N4CCOCC4)c3)ncc2F)cc1. The minimum Gasteiger partial charge on any atom is -0.378 e. The molecule has 4 N–H and O–H groups in total. The van der Waals surface area contributed by atoms with Crippen molar-refractivity contribution in [3.05, 3.63) is 54.2 Å². The molecular formula is C20H23FN8O2S. The van der Waals surface area contributed by atoms with Crippen LogP contribution in [-0.4, -0.2) is 56.9 Å². The number of hydrogen-bond donors (Lipinski definition) is 3. The molecule has 10 nitrogen and oxygen atoms in total. The highest BCUT2D eigenvalue weighted by molar-refractivity contribution is 7.97. The van der Waals surface area contributed by atoms with Crippen LogP contribution in [0.1, 0.15) is 5.56 Å². The van der Waals surface area contributed by atoms with E-state index < -0.39 is 5.82 Å². The van der Waals surface area contributed by atoms with E-state index in [-0.39, 0.29) is 24.2 Å². The number of nitrogens with one attached hydrogen (secondary N) is 2. The highest BCUT2D eigenvalue weighted by atomic mass is 32.2. The number of nitrogens with zero attached hydrogens (tertiary/aromatic N) is 5. The topological polar surface area (TPSA) is 123 Å². The smallest absolute Gasteiger partial charge is 0.244 e. The normalized spacial score (nSPS) is 13.8. The molecule has 0 aliphatic carbocycles. The summed E-state index contributed by atoms with van der Waals surface area (Å²) in [7, 11) is 0. The van der Waals surface area contributed by atoms with Crippen molar-refractivity contribution in [3.8, 4) is 0 Å². The minimum atomic E-state index is -0.559. The number of ether oxygens (including phenoxy) is 1. The van der Waals surface area contributed by atoms with E-state index in [4.69, 9.17) is 9.88 Å². The standard InChI is InChI=1S/C20H23FN8O2S/c21-17-11-24-20(27-19(17)23-9-14-1-3-16(32-22)4-2-14)26-15-10-25-29(12-15)13-18(30)28-5-7-31-8-6-28/h1-4,10-12H,5-9,13,22H2,(H2,23,24,26,27). The second kappa shape index (κ2) is 10.4. The lowest BCUT2D eigenvalue weighted by Crippen LogP contribution is -2.42. The van der Waals surface area contributed by atoms with Crippen LogP contribution < -0.4 is 15.8 Å². The maximum absolute atomic E-state index is 14.2. The van der Waals surface area contributed by atoms with Crippen molar-refractivity contribution in [2.75, 3.05) is 36.9 Å². The summed E-state index contributed by atoms with van der Waals surface area (Å²) in [6, 6.07) is 7.61. The van der Waals surface area contributed by atoms with E-state index in [1.165, 1.54) is 16.6 Å². The Balaban J connectivity index is 1.35.